The van der Waals surface area contributed by atoms with Gasteiger partial charge in [0.25, 0.3) is 0 Å². The van der Waals surface area contributed by atoms with Crippen LogP contribution < -0.4 is 0 Å². The molecule has 0 N–H and O–H groups in total. The summed E-state index contributed by atoms with van der Waals surface area (Å²) in [6.07, 6.45) is 9.32. The molecule has 0 atom stereocenters. The standard InChI is InChI=1S/C10H14O/c1-3-9(2)11-10-7-5-4-6-8-10/h5,7-8H,2-4,6H2,1H3. The number of hydrogen-bond acceptors (Lipinski definition) is 1. The average Bonchev–Trinajstić information content (AvgIpc) is 2.06. The molecule has 0 fully saturated rings. The Balaban J connectivity index is 2.42. The number of hydrogen-bond donors (Lipinski definition) is 0. The van der Waals surface area contributed by atoms with Crippen molar-refractivity contribution in [3.63, 3.8) is 0 Å². The first-order chi connectivity index (χ1) is 5.33. The van der Waals surface area contributed by atoms with Crippen LogP contribution in [0.2, 0.25) is 0 Å². The van der Waals surface area contributed by atoms with Crippen LogP contribution in [0.4, 0.5) is 0 Å². The van der Waals surface area contributed by atoms with E-state index < -0.39 is 0 Å². The molecule has 0 saturated heterocycles. The highest BCUT2D eigenvalue weighted by Crippen LogP contribution is 2.14. The monoisotopic (exact) mass is 150 g/mol. The predicted molar refractivity (Wildman–Crippen MR) is 47.0 cm³/mol. The van der Waals surface area contributed by atoms with E-state index in [1.54, 1.807) is 0 Å². The zero-order valence-corrected chi connectivity index (χ0v) is 6.97. The zero-order valence-electron chi connectivity index (χ0n) is 6.97. The first-order valence-corrected chi connectivity index (χ1v) is 4.05. The maximum atomic E-state index is 5.42. The summed E-state index contributed by atoms with van der Waals surface area (Å²) in [7, 11) is 0. The maximum Gasteiger partial charge on any atom is 0.122 e. The molecule has 0 bridgehead atoms. The lowest BCUT2D eigenvalue weighted by Gasteiger charge is -2.09. The van der Waals surface area contributed by atoms with Crippen LogP contribution in [0.5, 0.6) is 0 Å². The molecule has 0 spiro atoms. The average molecular weight is 150 g/mol. The lowest BCUT2D eigenvalue weighted by atomic mass is 10.2. The quantitative estimate of drug-likeness (QED) is 0.561. The summed E-state index contributed by atoms with van der Waals surface area (Å²) in [4.78, 5) is 0. The fraction of sp³-hybridized carbons (Fsp3) is 0.400. The van der Waals surface area contributed by atoms with Crippen LogP contribution in [0, 0.1) is 0 Å². The molecule has 0 radical (unpaired) electrons. The Labute approximate surface area is 68.1 Å². The van der Waals surface area contributed by atoms with Gasteiger partial charge in [-0.3, -0.25) is 0 Å². The highest BCUT2D eigenvalue weighted by Gasteiger charge is 1.98. The summed E-state index contributed by atoms with van der Waals surface area (Å²) < 4.78 is 5.42. The number of ether oxygens (including phenoxy) is 1. The van der Waals surface area contributed by atoms with Gasteiger partial charge in [-0.05, 0) is 25.0 Å². The molecule has 0 amide bonds. The van der Waals surface area contributed by atoms with Crippen molar-refractivity contribution >= 4 is 0 Å². The van der Waals surface area contributed by atoms with Crippen LogP contribution >= 0.6 is 0 Å². The van der Waals surface area contributed by atoms with E-state index in [1.807, 2.05) is 13.0 Å². The molecular formula is C10H14O. The summed E-state index contributed by atoms with van der Waals surface area (Å²) in [5.41, 5.74) is 0. The third-order valence-electron chi connectivity index (χ3n) is 1.62. The minimum Gasteiger partial charge on any atom is -0.463 e. The van der Waals surface area contributed by atoms with E-state index >= 15 is 0 Å². The van der Waals surface area contributed by atoms with E-state index in [0.717, 1.165) is 30.8 Å². The summed E-state index contributed by atoms with van der Waals surface area (Å²) in [5.74, 6) is 1.78. The van der Waals surface area contributed by atoms with Gasteiger partial charge in [0, 0.05) is 6.42 Å². The Morgan fingerprint density at radius 2 is 2.45 bits per heavy atom. The van der Waals surface area contributed by atoms with Crippen molar-refractivity contribution < 1.29 is 4.74 Å². The van der Waals surface area contributed by atoms with Gasteiger partial charge in [0.2, 0.25) is 0 Å². The molecule has 1 aliphatic rings. The Kier molecular flexibility index (Phi) is 2.96. The molecule has 0 aliphatic heterocycles. The topological polar surface area (TPSA) is 9.23 Å². The van der Waals surface area contributed by atoms with E-state index in [2.05, 4.69) is 18.7 Å². The van der Waals surface area contributed by atoms with E-state index in [1.165, 1.54) is 0 Å². The van der Waals surface area contributed by atoms with Gasteiger partial charge in [0.15, 0.2) is 0 Å². The normalized spacial score (nSPS) is 15.9. The third-order valence-corrected chi connectivity index (χ3v) is 1.62. The molecule has 1 aliphatic carbocycles. The van der Waals surface area contributed by atoms with Gasteiger partial charge in [-0.2, -0.15) is 0 Å². The largest absolute Gasteiger partial charge is 0.463 e. The van der Waals surface area contributed by atoms with Gasteiger partial charge in [-0.25, -0.2) is 0 Å². The van der Waals surface area contributed by atoms with Crippen LogP contribution in [-0.4, -0.2) is 0 Å². The highest BCUT2D eigenvalue weighted by molar-refractivity contribution is 5.17. The molecule has 0 saturated carbocycles. The molecule has 1 nitrogen and oxygen atoms in total. The molecular weight excluding hydrogens is 136 g/mol. The van der Waals surface area contributed by atoms with Crippen molar-refractivity contribution in [1.82, 2.24) is 0 Å². The summed E-state index contributed by atoms with van der Waals surface area (Å²) in [6, 6.07) is 0. The van der Waals surface area contributed by atoms with Crippen molar-refractivity contribution in [3.8, 4) is 0 Å². The lowest BCUT2D eigenvalue weighted by molar-refractivity contribution is 0.307. The van der Waals surface area contributed by atoms with Crippen LogP contribution in [0.15, 0.2) is 36.3 Å². The fourth-order valence-corrected chi connectivity index (χ4v) is 0.904. The predicted octanol–water partition coefficient (Wildman–Crippen LogP) is 3.16. The lowest BCUT2D eigenvalue weighted by Crippen LogP contribution is -1.91. The van der Waals surface area contributed by atoms with Crippen molar-refractivity contribution in [2.75, 3.05) is 0 Å². The van der Waals surface area contributed by atoms with Gasteiger partial charge in [-0.15, -0.1) is 0 Å². The van der Waals surface area contributed by atoms with E-state index in [4.69, 9.17) is 4.74 Å². The third kappa shape index (κ3) is 2.62. The van der Waals surface area contributed by atoms with Gasteiger partial charge < -0.3 is 4.74 Å². The number of rotatable bonds is 3. The SMILES string of the molecule is C=C(CC)OC1=CCCC=C1. The Bertz CT molecular complexity index is 199. The van der Waals surface area contributed by atoms with Crippen molar-refractivity contribution in [3.05, 3.63) is 36.3 Å². The van der Waals surface area contributed by atoms with Gasteiger partial charge in [0.05, 0.1) is 5.76 Å². The van der Waals surface area contributed by atoms with Crippen LogP contribution in [0.25, 0.3) is 0 Å². The Morgan fingerprint density at radius 3 is 3.00 bits per heavy atom. The maximum absolute atomic E-state index is 5.42. The molecule has 0 aromatic rings. The van der Waals surface area contributed by atoms with Crippen LogP contribution in [0.3, 0.4) is 0 Å². The second kappa shape index (κ2) is 4.02. The first kappa shape index (κ1) is 8.12. The Morgan fingerprint density at radius 1 is 1.64 bits per heavy atom. The second-order valence-corrected chi connectivity index (χ2v) is 2.58. The van der Waals surface area contributed by atoms with E-state index in [-0.39, 0.29) is 0 Å². The van der Waals surface area contributed by atoms with Crippen LogP contribution in [0.1, 0.15) is 26.2 Å². The van der Waals surface area contributed by atoms with Gasteiger partial charge in [0.1, 0.15) is 5.76 Å². The molecule has 1 rings (SSSR count). The van der Waals surface area contributed by atoms with Gasteiger partial charge in [-0.1, -0.05) is 19.6 Å². The smallest absolute Gasteiger partial charge is 0.122 e. The molecule has 0 unspecified atom stereocenters. The summed E-state index contributed by atoms with van der Waals surface area (Å²) in [6.45, 7) is 5.81. The summed E-state index contributed by atoms with van der Waals surface area (Å²) >= 11 is 0. The molecule has 0 aromatic carbocycles. The fourth-order valence-electron chi connectivity index (χ4n) is 0.904. The zero-order chi connectivity index (χ0) is 8.10. The van der Waals surface area contributed by atoms with E-state index in [9.17, 15) is 0 Å². The minimum absolute atomic E-state index is 0.836. The highest BCUT2D eigenvalue weighted by atomic mass is 16.5. The second-order valence-electron chi connectivity index (χ2n) is 2.58. The van der Waals surface area contributed by atoms with Gasteiger partial charge >= 0.3 is 0 Å². The molecule has 0 heterocycles. The van der Waals surface area contributed by atoms with Crippen molar-refractivity contribution in [2.24, 2.45) is 0 Å². The van der Waals surface area contributed by atoms with Crippen LogP contribution in [-0.2, 0) is 4.74 Å². The van der Waals surface area contributed by atoms with Crippen molar-refractivity contribution in [1.29, 1.82) is 0 Å². The molecule has 11 heavy (non-hydrogen) atoms. The Hall–Kier alpha value is -0.980. The first-order valence-electron chi connectivity index (χ1n) is 4.05. The van der Waals surface area contributed by atoms with Crippen molar-refractivity contribution in [2.45, 2.75) is 26.2 Å². The van der Waals surface area contributed by atoms with E-state index in [0.29, 0.717) is 0 Å². The molecule has 1 heteroatoms. The molecule has 60 valence electrons. The minimum atomic E-state index is 0.836. The number of allylic oxidation sites excluding steroid dienone is 4. The summed E-state index contributed by atoms with van der Waals surface area (Å²) in [5, 5.41) is 0. The molecule has 0 aromatic heterocycles.